The number of likely N-dealkylation sites (N-methyl/N-ethyl adjacent to an activating group) is 1. The number of aromatic nitrogens is 3. The molecule has 8 nitrogen and oxygen atoms in total. The predicted octanol–water partition coefficient (Wildman–Crippen LogP) is 4.83. The minimum Gasteiger partial charge on any atom is -0.308 e. The van der Waals surface area contributed by atoms with Crippen LogP contribution in [0.1, 0.15) is 11.1 Å². The van der Waals surface area contributed by atoms with Gasteiger partial charge in [0.05, 0.1) is 17.3 Å². The largest absolute Gasteiger partial charge is 0.416 e. The normalized spacial score (nSPS) is 15.1. The molecule has 2 amide bonds. The van der Waals surface area contributed by atoms with E-state index < -0.39 is 17.8 Å². The molecule has 1 aliphatic rings. The molecule has 0 aliphatic carbocycles. The lowest BCUT2D eigenvalue weighted by Gasteiger charge is -2.33. The van der Waals surface area contributed by atoms with Crippen LogP contribution < -0.4 is 10.6 Å². The van der Waals surface area contributed by atoms with Gasteiger partial charge < -0.3 is 15.5 Å². The SMILES string of the molecule is CN1CCN(Cc2ccc(NC(=O)Nc3ccc(-n4cnc5cnccc54)cc3)cc2C(F)(F)F)CC1. The zero-order valence-corrected chi connectivity index (χ0v) is 20.2. The van der Waals surface area contributed by atoms with Crippen LogP contribution in [0.4, 0.5) is 29.3 Å². The molecule has 0 radical (unpaired) electrons. The fraction of sp³-hybridized carbons (Fsp3) is 0.269. The number of halogens is 3. The molecular weight excluding hydrogens is 483 g/mol. The summed E-state index contributed by atoms with van der Waals surface area (Å²) in [5.74, 6) is 0. The molecule has 0 saturated carbocycles. The first-order chi connectivity index (χ1) is 17.8. The smallest absolute Gasteiger partial charge is 0.308 e. The highest BCUT2D eigenvalue weighted by Crippen LogP contribution is 2.34. The lowest BCUT2D eigenvalue weighted by Crippen LogP contribution is -2.44. The molecule has 192 valence electrons. The lowest BCUT2D eigenvalue weighted by atomic mass is 10.0. The molecule has 0 unspecified atom stereocenters. The second kappa shape index (κ2) is 10.2. The van der Waals surface area contributed by atoms with Crippen molar-refractivity contribution in [3.63, 3.8) is 0 Å². The fourth-order valence-corrected chi connectivity index (χ4v) is 4.37. The molecule has 1 saturated heterocycles. The molecule has 0 spiro atoms. The van der Waals surface area contributed by atoms with Gasteiger partial charge in [0.1, 0.15) is 11.8 Å². The van der Waals surface area contributed by atoms with E-state index in [4.69, 9.17) is 0 Å². The molecule has 1 fully saturated rings. The van der Waals surface area contributed by atoms with Crippen molar-refractivity contribution < 1.29 is 18.0 Å². The number of pyridine rings is 1. The van der Waals surface area contributed by atoms with E-state index in [1.165, 1.54) is 12.1 Å². The summed E-state index contributed by atoms with van der Waals surface area (Å²) in [5, 5.41) is 5.18. The first-order valence-corrected chi connectivity index (χ1v) is 11.8. The maximum absolute atomic E-state index is 13.8. The summed E-state index contributed by atoms with van der Waals surface area (Å²) in [5.41, 5.74) is 2.52. The number of piperazine rings is 1. The Bertz CT molecular complexity index is 1390. The number of nitrogens with zero attached hydrogens (tertiary/aromatic N) is 5. The molecule has 0 atom stereocenters. The quantitative estimate of drug-likeness (QED) is 0.403. The number of rotatable bonds is 5. The number of anilines is 2. The monoisotopic (exact) mass is 509 g/mol. The van der Waals surface area contributed by atoms with Gasteiger partial charge in [-0.1, -0.05) is 6.07 Å². The van der Waals surface area contributed by atoms with Gasteiger partial charge in [-0.3, -0.25) is 14.5 Å². The molecule has 11 heteroatoms. The molecule has 1 aliphatic heterocycles. The lowest BCUT2D eigenvalue weighted by molar-refractivity contribution is -0.138. The number of urea groups is 1. The number of fused-ring (bicyclic) bond motifs is 1. The maximum Gasteiger partial charge on any atom is 0.416 e. The average Bonchev–Trinajstić information content (AvgIpc) is 3.30. The van der Waals surface area contributed by atoms with Crippen LogP contribution in [0.2, 0.25) is 0 Å². The number of nitrogens with one attached hydrogen (secondary N) is 2. The Kier molecular flexibility index (Phi) is 6.81. The van der Waals surface area contributed by atoms with E-state index in [-0.39, 0.29) is 17.8 Å². The van der Waals surface area contributed by atoms with Gasteiger partial charge in [0.2, 0.25) is 0 Å². The molecule has 5 rings (SSSR count). The zero-order chi connectivity index (χ0) is 26.0. The Morgan fingerprint density at radius 1 is 0.973 bits per heavy atom. The van der Waals surface area contributed by atoms with Crippen molar-refractivity contribution in [3.8, 4) is 5.69 Å². The predicted molar refractivity (Wildman–Crippen MR) is 136 cm³/mol. The number of alkyl halides is 3. The van der Waals surface area contributed by atoms with E-state index in [1.54, 1.807) is 30.9 Å². The number of imidazole rings is 1. The zero-order valence-electron chi connectivity index (χ0n) is 20.2. The van der Waals surface area contributed by atoms with Crippen LogP contribution in [0.15, 0.2) is 67.3 Å². The van der Waals surface area contributed by atoms with Gasteiger partial charge >= 0.3 is 12.2 Å². The van der Waals surface area contributed by atoms with Crippen LogP contribution in [0.5, 0.6) is 0 Å². The van der Waals surface area contributed by atoms with E-state index >= 15 is 0 Å². The molecule has 37 heavy (non-hydrogen) atoms. The van der Waals surface area contributed by atoms with Crippen molar-refractivity contribution in [2.45, 2.75) is 12.7 Å². The minimum atomic E-state index is -4.53. The second-order valence-corrected chi connectivity index (χ2v) is 9.05. The molecule has 2 aromatic heterocycles. The fourth-order valence-electron chi connectivity index (χ4n) is 4.37. The van der Waals surface area contributed by atoms with Gasteiger partial charge in [0.15, 0.2) is 0 Å². The molecule has 0 bridgehead atoms. The van der Waals surface area contributed by atoms with E-state index in [1.807, 2.05) is 34.7 Å². The van der Waals surface area contributed by atoms with E-state index in [0.717, 1.165) is 35.9 Å². The summed E-state index contributed by atoms with van der Waals surface area (Å²) in [6.45, 7) is 3.27. The highest BCUT2D eigenvalue weighted by molar-refractivity contribution is 5.99. The standard InChI is InChI=1S/C26H26F3N7O/c1-34-10-12-35(13-11-34)16-18-2-3-20(14-22(18)26(27,28)29)33-25(37)32-19-4-6-21(7-5-19)36-17-31-23-15-30-9-8-24(23)36/h2-9,14-15,17H,10-13,16H2,1H3,(H2,32,33,37). The highest BCUT2D eigenvalue weighted by atomic mass is 19.4. The summed E-state index contributed by atoms with van der Waals surface area (Å²) >= 11 is 0. The topological polar surface area (TPSA) is 78.3 Å². The second-order valence-electron chi connectivity index (χ2n) is 9.05. The maximum atomic E-state index is 13.8. The number of amides is 2. The van der Waals surface area contributed by atoms with Crippen LogP contribution in [0.3, 0.4) is 0 Å². The van der Waals surface area contributed by atoms with Crippen LogP contribution in [0, 0.1) is 0 Å². The molecule has 3 heterocycles. The van der Waals surface area contributed by atoms with Crippen LogP contribution in [-0.2, 0) is 12.7 Å². The summed E-state index contributed by atoms with van der Waals surface area (Å²) in [6.07, 6.45) is 0.520. The van der Waals surface area contributed by atoms with Crippen molar-refractivity contribution in [2.24, 2.45) is 0 Å². The van der Waals surface area contributed by atoms with Crippen molar-refractivity contribution in [2.75, 3.05) is 43.9 Å². The summed E-state index contributed by atoms with van der Waals surface area (Å²) in [7, 11) is 2.00. The van der Waals surface area contributed by atoms with Gasteiger partial charge in [-0.25, -0.2) is 9.78 Å². The summed E-state index contributed by atoms with van der Waals surface area (Å²) in [6, 6.07) is 12.2. The van der Waals surface area contributed by atoms with Crippen LogP contribution in [0.25, 0.3) is 16.7 Å². The van der Waals surface area contributed by atoms with Crippen molar-refractivity contribution in [3.05, 3.63) is 78.4 Å². The van der Waals surface area contributed by atoms with Crippen LogP contribution >= 0.6 is 0 Å². The van der Waals surface area contributed by atoms with Crippen molar-refractivity contribution >= 4 is 28.4 Å². The van der Waals surface area contributed by atoms with Crippen molar-refractivity contribution in [1.29, 1.82) is 0 Å². The first-order valence-electron chi connectivity index (χ1n) is 11.8. The van der Waals surface area contributed by atoms with Crippen molar-refractivity contribution in [1.82, 2.24) is 24.3 Å². The van der Waals surface area contributed by atoms with Gasteiger partial charge in [-0.15, -0.1) is 0 Å². The minimum absolute atomic E-state index is 0.0714. The van der Waals surface area contributed by atoms with E-state index in [2.05, 4.69) is 25.5 Å². The Balaban J connectivity index is 1.26. The first kappa shape index (κ1) is 24.7. The van der Waals surface area contributed by atoms with Gasteiger partial charge in [-0.05, 0) is 55.1 Å². The third-order valence-electron chi connectivity index (χ3n) is 6.42. The third-order valence-corrected chi connectivity index (χ3v) is 6.42. The average molecular weight is 510 g/mol. The van der Waals surface area contributed by atoms with Gasteiger partial charge in [-0.2, -0.15) is 13.2 Å². The number of hydrogen-bond acceptors (Lipinski definition) is 5. The molecular formula is C26H26F3N7O. The Morgan fingerprint density at radius 2 is 1.68 bits per heavy atom. The number of carbonyl (C=O) groups is 1. The summed E-state index contributed by atoms with van der Waals surface area (Å²) < 4.78 is 43.3. The molecule has 2 aromatic carbocycles. The van der Waals surface area contributed by atoms with Gasteiger partial charge in [0.25, 0.3) is 0 Å². The number of hydrogen-bond donors (Lipinski definition) is 2. The Morgan fingerprint density at radius 3 is 2.41 bits per heavy atom. The Hall–Kier alpha value is -3.96. The number of carbonyl (C=O) groups excluding carboxylic acids is 1. The molecule has 4 aromatic rings. The highest BCUT2D eigenvalue weighted by Gasteiger charge is 2.34. The number of benzene rings is 2. The van der Waals surface area contributed by atoms with Gasteiger partial charge in [0, 0.05) is 56.0 Å². The van der Waals surface area contributed by atoms with E-state index in [0.29, 0.717) is 18.8 Å². The summed E-state index contributed by atoms with van der Waals surface area (Å²) in [4.78, 5) is 25.1. The molecule has 2 N–H and O–H groups in total. The third kappa shape index (κ3) is 5.73. The van der Waals surface area contributed by atoms with E-state index in [9.17, 15) is 18.0 Å². The van der Waals surface area contributed by atoms with Crippen LogP contribution in [-0.4, -0.2) is 63.6 Å². The Labute approximate surface area is 211 Å².